The standard InChI is InChI=1S/C10H12O8/c1-6(12)9(14)16-3-8(18-5-11)4-17-10(15)7(2)13/h5,8H,3-4H2,1-2H3. The molecule has 0 saturated carbocycles. The molecule has 0 atom stereocenters. The predicted molar refractivity (Wildman–Crippen MR) is 54.2 cm³/mol. The molecule has 0 aromatic rings. The lowest BCUT2D eigenvalue weighted by Crippen LogP contribution is -2.30. The molecule has 0 spiro atoms. The van der Waals surface area contributed by atoms with Crippen LogP contribution in [0.5, 0.6) is 0 Å². The summed E-state index contributed by atoms with van der Waals surface area (Å²) in [6, 6.07) is 0. The average molecular weight is 260 g/mol. The molecule has 18 heavy (non-hydrogen) atoms. The first-order valence-electron chi connectivity index (χ1n) is 4.83. The Labute approximate surface area is 102 Å². The zero-order valence-electron chi connectivity index (χ0n) is 9.83. The van der Waals surface area contributed by atoms with E-state index in [-0.39, 0.29) is 6.47 Å². The normalized spacial score (nSPS) is 9.50. The number of esters is 2. The van der Waals surface area contributed by atoms with Crippen LogP contribution in [-0.4, -0.2) is 49.3 Å². The molecule has 8 heteroatoms. The van der Waals surface area contributed by atoms with Crippen LogP contribution in [0.3, 0.4) is 0 Å². The Balaban J connectivity index is 4.18. The molecule has 100 valence electrons. The van der Waals surface area contributed by atoms with Crippen molar-refractivity contribution in [3.8, 4) is 0 Å². The number of ketones is 2. The number of Topliss-reactive ketones (excluding diaryl/α,β-unsaturated/α-hetero) is 2. The summed E-state index contributed by atoms with van der Waals surface area (Å²) in [6.45, 7) is 1.17. The average Bonchev–Trinajstić information content (AvgIpc) is 2.31. The van der Waals surface area contributed by atoms with E-state index in [0.717, 1.165) is 13.8 Å². The van der Waals surface area contributed by atoms with Crippen molar-refractivity contribution in [3.05, 3.63) is 0 Å². The van der Waals surface area contributed by atoms with Crippen LogP contribution >= 0.6 is 0 Å². The topological polar surface area (TPSA) is 113 Å². The molecule has 0 aromatic heterocycles. The molecule has 0 unspecified atom stereocenters. The van der Waals surface area contributed by atoms with Gasteiger partial charge in [-0.05, 0) is 0 Å². The van der Waals surface area contributed by atoms with Crippen molar-refractivity contribution >= 4 is 30.0 Å². The van der Waals surface area contributed by atoms with E-state index in [1.165, 1.54) is 0 Å². The van der Waals surface area contributed by atoms with Gasteiger partial charge >= 0.3 is 11.9 Å². The van der Waals surface area contributed by atoms with Crippen LogP contribution < -0.4 is 0 Å². The van der Waals surface area contributed by atoms with E-state index in [4.69, 9.17) is 0 Å². The lowest BCUT2D eigenvalue weighted by molar-refractivity contribution is -0.164. The zero-order valence-corrected chi connectivity index (χ0v) is 9.83. The van der Waals surface area contributed by atoms with Crippen molar-refractivity contribution in [1.29, 1.82) is 0 Å². The van der Waals surface area contributed by atoms with Crippen molar-refractivity contribution in [1.82, 2.24) is 0 Å². The van der Waals surface area contributed by atoms with E-state index < -0.39 is 42.8 Å². The summed E-state index contributed by atoms with van der Waals surface area (Å²) in [5.41, 5.74) is 0. The van der Waals surface area contributed by atoms with Crippen molar-refractivity contribution in [3.63, 3.8) is 0 Å². The molecule has 0 heterocycles. The number of carbonyl (C=O) groups excluding carboxylic acids is 5. The van der Waals surface area contributed by atoms with Gasteiger partial charge in [0.05, 0.1) is 0 Å². The SMILES string of the molecule is CC(=O)C(=O)OCC(COC(=O)C(C)=O)OC=O. The quantitative estimate of drug-likeness (QED) is 0.231. The van der Waals surface area contributed by atoms with Crippen molar-refractivity contribution in [2.45, 2.75) is 20.0 Å². The van der Waals surface area contributed by atoms with Crippen LogP contribution in [0.2, 0.25) is 0 Å². The number of carbonyl (C=O) groups is 5. The molecule has 0 radical (unpaired) electrons. The Kier molecular flexibility index (Phi) is 6.94. The van der Waals surface area contributed by atoms with Gasteiger partial charge in [-0.25, -0.2) is 9.59 Å². The van der Waals surface area contributed by atoms with Crippen LogP contribution in [0, 0.1) is 0 Å². The third-order valence-corrected chi connectivity index (χ3v) is 1.62. The van der Waals surface area contributed by atoms with Gasteiger partial charge in [0.15, 0.2) is 6.10 Å². The first-order chi connectivity index (χ1) is 8.38. The fourth-order valence-corrected chi connectivity index (χ4v) is 0.746. The highest BCUT2D eigenvalue weighted by molar-refractivity contribution is 6.32. The first-order valence-corrected chi connectivity index (χ1v) is 4.83. The van der Waals surface area contributed by atoms with Crippen LogP contribution in [-0.2, 0) is 38.2 Å². The Morgan fingerprint density at radius 3 is 1.61 bits per heavy atom. The molecule has 0 N–H and O–H groups in total. The molecule has 8 nitrogen and oxygen atoms in total. The maximum Gasteiger partial charge on any atom is 0.374 e. The van der Waals surface area contributed by atoms with Gasteiger partial charge in [0.1, 0.15) is 13.2 Å². The highest BCUT2D eigenvalue weighted by Crippen LogP contribution is 1.96. The fourth-order valence-electron chi connectivity index (χ4n) is 0.746. The van der Waals surface area contributed by atoms with Gasteiger partial charge in [0.2, 0.25) is 11.6 Å². The van der Waals surface area contributed by atoms with Gasteiger partial charge in [0.25, 0.3) is 6.47 Å². The van der Waals surface area contributed by atoms with Crippen LogP contribution in [0.15, 0.2) is 0 Å². The number of rotatable bonds is 8. The zero-order chi connectivity index (χ0) is 14.1. The summed E-state index contributed by atoms with van der Waals surface area (Å²) in [4.78, 5) is 52.9. The summed E-state index contributed by atoms with van der Waals surface area (Å²) < 4.78 is 13.4. The van der Waals surface area contributed by atoms with Crippen molar-refractivity contribution in [2.24, 2.45) is 0 Å². The highest BCUT2D eigenvalue weighted by Gasteiger charge is 2.18. The molecule has 0 aliphatic heterocycles. The van der Waals surface area contributed by atoms with Gasteiger partial charge < -0.3 is 14.2 Å². The van der Waals surface area contributed by atoms with Crippen LogP contribution in [0.25, 0.3) is 0 Å². The van der Waals surface area contributed by atoms with Gasteiger partial charge in [-0.2, -0.15) is 0 Å². The van der Waals surface area contributed by atoms with Gasteiger partial charge in [-0.15, -0.1) is 0 Å². The summed E-state index contributed by atoms with van der Waals surface area (Å²) in [5, 5.41) is 0. The first kappa shape index (κ1) is 15.8. The van der Waals surface area contributed by atoms with Gasteiger partial charge in [0, 0.05) is 13.8 Å². The highest BCUT2D eigenvalue weighted by atomic mass is 16.6. The fraction of sp³-hybridized carbons (Fsp3) is 0.500. The molecular formula is C10H12O8. The summed E-state index contributed by atoms with van der Waals surface area (Å²) in [7, 11) is 0. The Morgan fingerprint density at radius 1 is 0.944 bits per heavy atom. The van der Waals surface area contributed by atoms with Crippen LogP contribution in [0.1, 0.15) is 13.8 Å². The second-order valence-electron chi connectivity index (χ2n) is 3.16. The second kappa shape index (κ2) is 7.93. The molecular weight excluding hydrogens is 248 g/mol. The summed E-state index contributed by atoms with van der Waals surface area (Å²) >= 11 is 0. The van der Waals surface area contributed by atoms with E-state index in [1.54, 1.807) is 0 Å². The third-order valence-electron chi connectivity index (χ3n) is 1.62. The Morgan fingerprint density at radius 2 is 1.33 bits per heavy atom. The molecule has 0 bridgehead atoms. The molecule has 0 aliphatic rings. The van der Waals surface area contributed by atoms with E-state index in [0.29, 0.717) is 0 Å². The molecule has 0 aromatic carbocycles. The van der Waals surface area contributed by atoms with Crippen molar-refractivity contribution < 1.29 is 38.2 Å². The minimum Gasteiger partial charge on any atom is -0.457 e. The van der Waals surface area contributed by atoms with E-state index in [9.17, 15) is 24.0 Å². The molecule has 0 aliphatic carbocycles. The summed E-state index contributed by atoms with van der Waals surface area (Å²) in [6.07, 6.45) is -1.07. The van der Waals surface area contributed by atoms with Gasteiger partial charge in [-0.1, -0.05) is 0 Å². The number of hydrogen-bond donors (Lipinski definition) is 0. The second-order valence-corrected chi connectivity index (χ2v) is 3.16. The molecule has 0 rings (SSSR count). The predicted octanol–water partition coefficient (Wildman–Crippen LogP) is -1.21. The number of hydrogen-bond acceptors (Lipinski definition) is 8. The summed E-state index contributed by atoms with van der Waals surface area (Å²) in [5.74, 6) is -3.85. The maximum absolute atomic E-state index is 10.8. The lowest BCUT2D eigenvalue weighted by atomic mass is 10.4. The van der Waals surface area contributed by atoms with E-state index in [1.807, 2.05) is 0 Å². The molecule has 0 saturated heterocycles. The molecule has 0 amide bonds. The minimum atomic E-state index is -1.10. The Bertz CT molecular complexity index is 329. The Hall–Kier alpha value is -2.25. The number of ether oxygens (including phenoxy) is 3. The van der Waals surface area contributed by atoms with E-state index >= 15 is 0 Å². The smallest absolute Gasteiger partial charge is 0.374 e. The maximum atomic E-state index is 10.8. The monoisotopic (exact) mass is 260 g/mol. The minimum absolute atomic E-state index is 0.0634. The van der Waals surface area contributed by atoms with Crippen LogP contribution in [0.4, 0.5) is 0 Å². The van der Waals surface area contributed by atoms with Crippen molar-refractivity contribution in [2.75, 3.05) is 13.2 Å². The van der Waals surface area contributed by atoms with Gasteiger partial charge in [-0.3, -0.25) is 14.4 Å². The molecule has 0 fully saturated rings. The third kappa shape index (κ3) is 6.36. The lowest BCUT2D eigenvalue weighted by Gasteiger charge is -2.14. The largest absolute Gasteiger partial charge is 0.457 e. The van der Waals surface area contributed by atoms with E-state index in [2.05, 4.69) is 14.2 Å².